The smallest absolute Gasteiger partial charge is 0.143 e. The Balaban J connectivity index is 1.47. The van der Waals surface area contributed by atoms with Gasteiger partial charge in [0.15, 0.2) is 8.07 Å². The molecule has 35 heavy (non-hydrogen) atoms. The lowest BCUT2D eigenvalue weighted by Gasteiger charge is -2.24. The minimum Gasteiger partial charge on any atom is -0.143 e. The predicted octanol–water partition coefficient (Wildman–Crippen LogP) is 10.4. The van der Waals surface area contributed by atoms with Crippen LogP contribution in [0, 0.1) is 0 Å². The third-order valence-corrected chi connectivity index (χ3v) is 21.9. The van der Waals surface area contributed by atoms with Crippen LogP contribution < -0.4 is 13.5 Å². The van der Waals surface area contributed by atoms with E-state index in [0.717, 1.165) is 0 Å². The molecule has 0 aromatic carbocycles. The van der Waals surface area contributed by atoms with Crippen molar-refractivity contribution < 1.29 is 0 Å². The topological polar surface area (TPSA) is 0 Å². The van der Waals surface area contributed by atoms with E-state index in [1.54, 1.807) is 34.0 Å². The van der Waals surface area contributed by atoms with Gasteiger partial charge in [-0.3, -0.25) is 0 Å². The molecule has 0 fully saturated rings. The van der Waals surface area contributed by atoms with E-state index in [0.29, 0.717) is 0 Å². The molecule has 0 aliphatic carbocycles. The molecule has 10 heteroatoms. The molecule has 6 rings (SSSR count). The zero-order chi connectivity index (χ0) is 24.2. The normalized spacial score (nSPS) is 12.0. The van der Waals surface area contributed by atoms with Crippen molar-refractivity contribution in [2.75, 3.05) is 0 Å². The second kappa shape index (κ2) is 10.2. The maximum Gasteiger partial charge on any atom is 0.181 e. The van der Waals surface area contributed by atoms with E-state index in [4.69, 9.17) is 0 Å². The van der Waals surface area contributed by atoms with Crippen LogP contribution in [-0.2, 0) is 0 Å². The van der Waals surface area contributed by atoms with Gasteiger partial charge in [0.2, 0.25) is 0 Å². The quantitative estimate of drug-likeness (QED) is 0.148. The highest BCUT2D eigenvalue weighted by Crippen LogP contribution is 2.38. The summed E-state index contributed by atoms with van der Waals surface area (Å²) < 4.78 is 8.07. The number of hydrogen-bond donors (Lipinski definition) is 0. The van der Waals surface area contributed by atoms with Crippen LogP contribution in [0.2, 0.25) is 6.55 Å². The SMILES string of the molecule is C[Si](c1ccc(-c2ccc(Br)s2)s1)(c1ccc(-c2ccc(Br)s2)s1)c1ccc(-c2ccc(Br)s2)s1. The van der Waals surface area contributed by atoms with Crippen molar-refractivity contribution in [2.45, 2.75) is 6.55 Å². The molecular formula is C25H15Br3S6Si. The molecule has 0 spiro atoms. The molecule has 0 amide bonds. The van der Waals surface area contributed by atoms with Crippen molar-refractivity contribution in [1.82, 2.24) is 0 Å². The molecular weight excluding hydrogens is 760 g/mol. The number of hydrogen-bond acceptors (Lipinski definition) is 6. The summed E-state index contributed by atoms with van der Waals surface area (Å²) in [4.78, 5) is 8.05. The van der Waals surface area contributed by atoms with Crippen molar-refractivity contribution in [1.29, 1.82) is 0 Å². The summed E-state index contributed by atoms with van der Waals surface area (Å²) in [6.45, 7) is 2.53. The van der Waals surface area contributed by atoms with E-state index >= 15 is 0 Å². The zero-order valence-electron chi connectivity index (χ0n) is 18.0. The maximum absolute atomic E-state index is 3.63. The second-order valence-electron chi connectivity index (χ2n) is 7.93. The molecule has 0 saturated heterocycles. The number of rotatable bonds is 6. The lowest BCUT2D eigenvalue weighted by Crippen LogP contribution is -2.61. The van der Waals surface area contributed by atoms with Crippen LogP contribution in [-0.4, -0.2) is 8.07 Å². The summed E-state index contributed by atoms with van der Waals surface area (Å²) in [5.41, 5.74) is 0. The minimum absolute atomic E-state index is 1.18. The molecule has 0 radical (unpaired) electrons. The van der Waals surface area contributed by atoms with E-state index in [9.17, 15) is 0 Å². The van der Waals surface area contributed by atoms with E-state index in [2.05, 4.69) is 127 Å². The molecule has 0 aliphatic rings. The molecule has 0 bridgehead atoms. The Labute approximate surface area is 254 Å². The lowest BCUT2D eigenvalue weighted by atomic mass is 10.4. The van der Waals surface area contributed by atoms with Crippen LogP contribution in [0.25, 0.3) is 29.3 Å². The summed E-state index contributed by atoms with van der Waals surface area (Å²) in [6, 6.07) is 27.2. The van der Waals surface area contributed by atoms with Crippen molar-refractivity contribution in [3.63, 3.8) is 0 Å². The minimum atomic E-state index is -2.16. The fourth-order valence-corrected chi connectivity index (χ4v) is 18.6. The highest BCUT2D eigenvalue weighted by molar-refractivity contribution is 9.11. The molecule has 0 atom stereocenters. The van der Waals surface area contributed by atoms with Crippen LogP contribution in [0.5, 0.6) is 0 Å². The Morgan fingerprint density at radius 3 is 0.914 bits per heavy atom. The first-order valence-corrected chi connectivity index (χ1v) is 20.3. The summed E-state index contributed by atoms with van der Waals surface area (Å²) in [5.74, 6) is 0. The van der Waals surface area contributed by atoms with E-state index in [1.807, 2.05) is 34.0 Å². The number of halogens is 3. The fourth-order valence-electron chi connectivity index (χ4n) is 3.92. The van der Waals surface area contributed by atoms with Crippen molar-refractivity contribution in [3.8, 4) is 29.3 Å². The van der Waals surface area contributed by atoms with Crippen LogP contribution in [0.3, 0.4) is 0 Å². The second-order valence-corrected chi connectivity index (χ2v) is 23.5. The lowest BCUT2D eigenvalue weighted by molar-refractivity contribution is 1.89. The molecule has 0 nitrogen and oxygen atoms in total. The third-order valence-electron chi connectivity index (χ3n) is 5.74. The van der Waals surface area contributed by atoms with Crippen LogP contribution >= 0.6 is 116 Å². The van der Waals surface area contributed by atoms with Gasteiger partial charge in [-0.25, -0.2) is 0 Å². The van der Waals surface area contributed by atoms with Gasteiger partial charge in [0.1, 0.15) is 0 Å². The zero-order valence-corrected chi connectivity index (χ0v) is 28.7. The monoisotopic (exact) mass is 772 g/mol. The van der Waals surface area contributed by atoms with Crippen molar-refractivity contribution >= 4 is 137 Å². The average Bonchev–Trinajstić information content (AvgIpc) is 3.66. The molecule has 6 heterocycles. The van der Waals surface area contributed by atoms with Crippen LogP contribution in [0.1, 0.15) is 0 Å². The van der Waals surface area contributed by atoms with Gasteiger partial charge in [-0.05, 0) is 102 Å². The van der Waals surface area contributed by atoms with Crippen LogP contribution in [0.15, 0.2) is 84.2 Å². The Morgan fingerprint density at radius 1 is 0.400 bits per heavy atom. The molecule has 0 saturated carbocycles. The van der Waals surface area contributed by atoms with E-state index in [1.165, 1.54) is 54.1 Å². The Hall–Kier alpha value is -0.143. The Bertz CT molecular complexity index is 1440. The van der Waals surface area contributed by atoms with Gasteiger partial charge in [0.25, 0.3) is 0 Å². The molecule has 176 valence electrons. The fraction of sp³-hybridized carbons (Fsp3) is 0.0400. The Kier molecular flexibility index (Phi) is 7.33. The Morgan fingerprint density at radius 2 is 0.657 bits per heavy atom. The van der Waals surface area contributed by atoms with E-state index < -0.39 is 8.07 Å². The van der Waals surface area contributed by atoms with Gasteiger partial charge in [-0.1, -0.05) is 24.7 Å². The van der Waals surface area contributed by atoms with Gasteiger partial charge in [0.05, 0.1) is 11.4 Å². The molecule has 6 aromatic rings. The molecule has 0 N–H and O–H groups in total. The predicted molar refractivity (Wildman–Crippen MR) is 177 cm³/mol. The van der Waals surface area contributed by atoms with Gasteiger partial charge < -0.3 is 0 Å². The molecule has 6 aromatic heterocycles. The first-order valence-electron chi connectivity index (χ1n) is 10.5. The van der Waals surface area contributed by atoms with Crippen LogP contribution in [0.4, 0.5) is 0 Å². The third kappa shape index (κ3) is 4.89. The molecule has 0 unspecified atom stereocenters. The highest BCUT2D eigenvalue weighted by Gasteiger charge is 2.39. The van der Waals surface area contributed by atoms with Gasteiger partial charge in [0, 0.05) is 42.8 Å². The summed E-state index contributed by atoms with van der Waals surface area (Å²) in [5, 5.41) is 0. The average molecular weight is 776 g/mol. The molecule has 0 aliphatic heterocycles. The van der Waals surface area contributed by atoms with Gasteiger partial charge in [-0.15, -0.1) is 68.0 Å². The first kappa shape index (κ1) is 25.2. The summed E-state index contributed by atoms with van der Waals surface area (Å²) >= 11 is 22.2. The van der Waals surface area contributed by atoms with Gasteiger partial charge in [-0.2, -0.15) is 0 Å². The van der Waals surface area contributed by atoms with Gasteiger partial charge >= 0.3 is 0 Å². The first-order chi connectivity index (χ1) is 16.9. The van der Waals surface area contributed by atoms with E-state index in [-0.39, 0.29) is 0 Å². The summed E-state index contributed by atoms with van der Waals surface area (Å²) in [7, 11) is -2.16. The number of thiophene rings is 6. The highest BCUT2D eigenvalue weighted by atomic mass is 79.9. The van der Waals surface area contributed by atoms with Crippen molar-refractivity contribution in [3.05, 3.63) is 84.2 Å². The van der Waals surface area contributed by atoms with Crippen molar-refractivity contribution in [2.24, 2.45) is 0 Å². The summed E-state index contributed by atoms with van der Waals surface area (Å²) in [6.07, 6.45) is 0. The maximum atomic E-state index is 3.63. The largest absolute Gasteiger partial charge is 0.181 e. The standard InChI is InChI=1S/C25H15Br3S6Si/c1-35(23-11-5-17(32-23)14-2-8-20(26)29-14,24-12-6-18(33-24)15-3-9-21(27)30-15)25-13-7-19(34-25)16-4-10-22(28)31-16/h2-13H,1H3.